The van der Waals surface area contributed by atoms with Gasteiger partial charge in [0.25, 0.3) is 0 Å². The first kappa shape index (κ1) is 15.3. The molecule has 0 aliphatic carbocycles. The summed E-state index contributed by atoms with van der Waals surface area (Å²) in [5.74, 6) is -0.233. The van der Waals surface area contributed by atoms with Gasteiger partial charge >= 0.3 is 6.18 Å². The van der Waals surface area contributed by atoms with Crippen LogP contribution in [0, 0.1) is 11.3 Å². The zero-order chi connectivity index (χ0) is 14.3. The van der Waals surface area contributed by atoms with Gasteiger partial charge in [-0.05, 0) is 37.7 Å². The minimum Gasteiger partial charge on any atom is -0.493 e. The molecule has 0 aliphatic rings. The van der Waals surface area contributed by atoms with Crippen molar-refractivity contribution in [1.29, 1.82) is 5.26 Å². The van der Waals surface area contributed by atoms with Crippen LogP contribution in [0.4, 0.5) is 13.2 Å². The second-order valence-corrected chi connectivity index (χ2v) is 3.88. The highest BCUT2D eigenvalue weighted by Gasteiger charge is 2.34. The van der Waals surface area contributed by atoms with E-state index in [1.807, 2.05) is 6.92 Å². The molecule has 19 heavy (non-hydrogen) atoms. The van der Waals surface area contributed by atoms with Crippen LogP contribution in [-0.2, 0) is 6.18 Å². The van der Waals surface area contributed by atoms with Crippen LogP contribution in [-0.4, -0.2) is 19.7 Å². The molecule has 0 aliphatic heterocycles. The first-order valence-electron chi connectivity index (χ1n) is 5.94. The maximum Gasteiger partial charge on any atom is 0.420 e. The first-order valence-corrected chi connectivity index (χ1v) is 5.94. The molecule has 0 amide bonds. The lowest BCUT2D eigenvalue weighted by Gasteiger charge is -2.14. The Labute approximate surface area is 110 Å². The first-order chi connectivity index (χ1) is 8.99. The molecule has 0 fully saturated rings. The molecule has 0 heterocycles. The van der Waals surface area contributed by atoms with Gasteiger partial charge in [-0.1, -0.05) is 6.92 Å². The van der Waals surface area contributed by atoms with Crippen molar-refractivity contribution in [3.63, 3.8) is 0 Å². The molecule has 0 unspecified atom stereocenters. The summed E-state index contributed by atoms with van der Waals surface area (Å²) in [6.07, 6.45) is -3.91. The Morgan fingerprint density at radius 1 is 1.37 bits per heavy atom. The lowest BCUT2D eigenvalue weighted by atomic mass is 10.1. The molecule has 6 heteroatoms. The lowest BCUT2D eigenvalue weighted by Crippen LogP contribution is -2.17. The van der Waals surface area contributed by atoms with Crippen LogP contribution in [0.2, 0.25) is 0 Å². The second-order valence-electron chi connectivity index (χ2n) is 3.88. The van der Waals surface area contributed by atoms with E-state index in [4.69, 9.17) is 10.00 Å². The fourth-order valence-electron chi connectivity index (χ4n) is 1.50. The van der Waals surface area contributed by atoms with E-state index in [2.05, 4.69) is 5.32 Å². The highest BCUT2D eigenvalue weighted by atomic mass is 19.4. The smallest absolute Gasteiger partial charge is 0.420 e. The van der Waals surface area contributed by atoms with Crippen LogP contribution in [0.25, 0.3) is 0 Å². The van der Waals surface area contributed by atoms with Gasteiger partial charge in [-0.3, -0.25) is 0 Å². The third-order valence-corrected chi connectivity index (χ3v) is 2.42. The largest absolute Gasteiger partial charge is 0.493 e. The monoisotopic (exact) mass is 272 g/mol. The molecule has 0 saturated heterocycles. The lowest BCUT2D eigenvalue weighted by molar-refractivity contribution is -0.139. The van der Waals surface area contributed by atoms with E-state index >= 15 is 0 Å². The summed E-state index contributed by atoms with van der Waals surface area (Å²) in [5.41, 5.74) is -0.942. The van der Waals surface area contributed by atoms with Crippen LogP contribution >= 0.6 is 0 Å². The molecule has 0 bridgehead atoms. The Morgan fingerprint density at radius 3 is 2.68 bits per heavy atom. The number of halogens is 3. The molecule has 0 spiro atoms. The average Bonchev–Trinajstić information content (AvgIpc) is 2.37. The van der Waals surface area contributed by atoms with Crippen molar-refractivity contribution in [1.82, 2.24) is 5.32 Å². The van der Waals surface area contributed by atoms with Gasteiger partial charge in [-0.2, -0.15) is 18.4 Å². The van der Waals surface area contributed by atoms with Crippen LogP contribution in [0.15, 0.2) is 18.2 Å². The molecule has 0 atom stereocenters. The molecule has 104 valence electrons. The van der Waals surface area contributed by atoms with Crippen molar-refractivity contribution in [3.8, 4) is 11.8 Å². The van der Waals surface area contributed by atoms with Crippen LogP contribution in [0.1, 0.15) is 24.5 Å². The summed E-state index contributed by atoms with van der Waals surface area (Å²) in [7, 11) is 0. The molecule has 0 radical (unpaired) electrons. The average molecular weight is 272 g/mol. The van der Waals surface area contributed by atoms with Crippen molar-refractivity contribution in [3.05, 3.63) is 29.3 Å². The number of hydrogen-bond acceptors (Lipinski definition) is 3. The van der Waals surface area contributed by atoms with Crippen molar-refractivity contribution in [2.45, 2.75) is 19.5 Å². The van der Waals surface area contributed by atoms with Gasteiger partial charge in [0, 0.05) is 0 Å². The number of nitrogens with zero attached hydrogens (tertiary/aromatic N) is 1. The van der Waals surface area contributed by atoms with Crippen molar-refractivity contribution < 1.29 is 17.9 Å². The zero-order valence-electron chi connectivity index (χ0n) is 10.5. The number of rotatable bonds is 6. The van der Waals surface area contributed by atoms with Crippen molar-refractivity contribution in [2.24, 2.45) is 0 Å². The fraction of sp³-hybridized carbons (Fsp3) is 0.462. The molecular formula is C13H15F3N2O. The topological polar surface area (TPSA) is 45.0 Å². The Hall–Kier alpha value is -1.74. The molecule has 1 N–H and O–H groups in total. The van der Waals surface area contributed by atoms with E-state index in [1.54, 1.807) is 6.07 Å². The predicted molar refractivity (Wildman–Crippen MR) is 64.8 cm³/mol. The molecular weight excluding hydrogens is 257 g/mol. The van der Waals surface area contributed by atoms with Crippen LogP contribution in [0.3, 0.4) is 0 Å². The van der Waals surface area contributed by atoms with Crippen LogP contribution in [0.5, 0.6) is 5.75 Å². The number of alkyl halides is 3. The summed E-state index contributed by atoms with van der Waals surface area (Å²) < 4.78 is 43.5. The molecule has 3 nitrogen and oxygen atoms in total. The molecule has 1 aromatic rings. The Kier molecular flexibility index (Phi) is 5.64. The summed E-state index contributed by atoms with van der Waals surface area (Å²) in [4.78, 5) is 0. The minimum absolute atomic E-state index is 0.0349. The molecule has 0 aromatic heterocycles. The van der Waals surface area contributed by atoms with E-state index in [9.17, 15) is 13.2 Å². The molecule has 1 aromatic carbocycles. The van der Waals surface area contributed by atoms with Gasteiger partial charge < -0.3 is 10.1 Å². The normalized spacial score (nSPS) is 11.1. The third-order valence-electron chi connectivity index (χ3n) is 2.42. The van der Waals surface area contributed by atoms with Gasteiger partial charge in [0.15, 0.2) is 0 Å². The van der Waals surface area contributed by atoms with E-state index in [0.717, 1.165) is 12.6 Å². The SMILES string of the molecule is CCNCCCOc1ccc(C#N)cc1C(F)(F)F. The standard InChI is InChI=1S/C13H15F3N2O/c1-2-18-6-3-7-19-12-5-4-10(9-17)8-11(12)13(14,15)16/h4-5,8,18H,2-3,6-7H2,1H3. The van der Waals surface area contributed by atoms with E-state index in [-0.39, 0.29) is 17.9 Å². The Bertz CT molecular complexity index is 452. The second kappa shape index (κ2) is 7.00. The van der Waals surface area contributed by atoms with Gasteiger partial charge in [-0.15, -0.1) is 0 Å². The number of hydrogen-bond donors (Lipinski definition) is 1. The molecule has 1 rings (SSSR count). The van der Waals surface area contributed by atoms with E-state index < -0.39 is 11.7 Å². The Balaban J connectivity index is 2.74. The zero-order valence-corrected chi connectivity index (χ0v) is 10.5. The molecule has 0 saturated carbocycles. The quantitative estimate of drug-likeness (QED) is 0.810. The van der Waals surface area contributed by atoms with Gasteiger partial charge in [-0.25, -0.2) is 0 Å². The van der Waals surface area contributed by atoms with Crippen molar-refractivity contribution >= 4 is 0 Å². The summed E-state index contributed by atoms with van der Waals surface area (Å²) in [6.45, 7) is 3.64. The minimum atomic E-state index is -4.52. The van der Waals surface area contributed by atoms with Gasteiger partial charge in [0.2, 0.25) is 0 Å². The maximum absolute atomic E-state index is 12.8. The number of benzene rings is 1. The fourth-order valence-corrected chi connectivity index (χ4v) is 1.50. The summed E-state index contributed by atoms with van der Waals surface area (Å²) in [5, 5.41) is 11.7. The van der Waals surface area contributed by atoms with Gasteiger partial charge in [0.1, 0.15) is 5.75 Å². The van der Waals surface area contributed by atoms with E-state index in [0.29, 0.717) is 13.0 Å². The number of nitriles is 1. The third kappa shape index (κ3) is 4.79. The Morgan fingerprint density at radius 2 is 2.11 bits per heavy atom. The predicted octanol–water partition coefficient (Wildman–Crippen LogP) is 2.96. The summed E-state index contributed by atoms with van der Waals surface area (Å²) >= 11 is 0. The van der Waals surface area contributed by atoms with Crippen molar-refractivity contribution in [2.75, 3.05) is 19.7 Å². The van der Waals surface area contributed by atoms with Crippen LogP contribution < -0.4 is 10.1 Å². The van der Waals surface area contributed by atoms with E-state index in [1.165, 1.54) is 12.1 Å². The number of nitrogens with one attached hydrogen (secondary N) is 1. The summed E-state index contributed by atoms with van der Waals surface area (Å²) in [6, 6.07) is 4.99. The highest BCUT2D eigenvalue weighted by Crippen LogP contribution is 2.36. The van der Waals surface area contributed by atoms with Gasteiger partial charge in [0.05, 0.1) is 23.8 Å². The maximum atomic E-state index is 12.8. The highest BCUT2D eigenvalue weighted by molar-refractivity contribution is 5.43. The number of ether oxygens (including phenoxy) is 1.